The van der Waals surface area contributed by atoms with Crippen LogP contribution in [0.4, 0.5) is 0 Å². The van der Waals surface area contributed by atoms with E-state index in [9.17, 15) is 9.59 Å². The molecular weight excluding hydrogens is 244 g/mol. The van der Waals surface area contributed by atoms with Crippen LogP contribution < -0.4 is 10.6 Å². The van der Waals surface area contributed by atoms with Crippen LogP contribution in [0, 0.1) is 11.8 Å². The van der Waals surface area contributed by atoms with E-state index >= 15 is 0 Å². The number of nitrogens with one attached hydrogen (secondary N) is 2. The average Bonchev–Trinajstić information content (AvgIpc) is 2.25. The van der Waals surface area contributed by atoms with Crippen molar-refractivity contribution in [3.63, 3.8) is 0 Å². The van der Waals surface area contributed by atoms with Crippen LogP contribution in [0.2, 0.25) is 0 Å². The number of carboxylic acid groups (broad SMARTS) is 1. The van der Waals surface area contributed by atoms with Gasteiger partial charge in [-0.1, -0.05) is 27.7 Å². The van der Waals surface area contributed by atoms with Crippen molar-refractivity contribution in [3.8, 4) is 0 Å². The highest BCUT2D eigenvalue weighted by Crippen LogP contribution is 1.96. The standard InChI is InChI=1S/C9H20N2O.C5H10O2/c1-7(2)6-11-9(12)5-8(3)10-4;1-4(2)3-5(6)7/h7-8,10H,5-6H2,1-4H3,(H,11,12);4H,3H2,1-2H3,(H,6,7). The minimum absolute atomic E-state index is 0.130. The van der Waals surface area contributed by atoms with E-state index in [1.165, 1.54) is 0 Å². The van der Waals surface area contributed by atoms with E-state index in [2.05, 4.69) is 24.5 Å². The van der Waals surface area contributed by atoms with Gasteiger partial charge >= 0.3 is 5.97 Å². The number of rotatable bonds is 7. The largest absolute Gasteiger partial charge is 0.481 e. The summed E-state index contributed by atoms with van der Waals surface area (Å²) in [6.45, 7) is 10.7. The molecule has 3 N–H and O–H groups in total. The number of amides is 1. The van der Waals surface area contributed by atoms with Gasteiger partial charge in [0.15, 0.2) is 0 Å². The summed E-state index contributed by atoms with van der Waals surface area (Å²) < 4.78 is 0. The van der Waals surface area contributed by atoms with E-state index in [-0.39, 0.29) is 24.3 Å². The zero-order valence-corrected chi connectivity index (χ0v) is 13.1. The van der Waals surface area contributed by atoms with Crippen LogP contribution in [0.15, 0.2) is 0 Å². The molecule has 0 spiro atoms. The number of carboxylic acids is 1. The van der Waals surface area contributed by atoms with E-state index in [0.29, 0.717) is 12.3 Å². The first-order chi connectivity index (χ1) is 8.68. The van der Waals surface area contributed by atoms with Crippen molar-refractivity contribution in [1.82, 2.24) is 10.6 Å². The van der Waals surface area contributed by atoms with E-state index in [4.69, 9.17) is 5.11 Å². The van der Waals surface area contributed by atoms with Gasteiger partial charge in [-0.3, -0.25) is 9.59 Å². The molecule has 0 aliphatic rings. The van der Waals surface area contributed by atoms with Gasteiger partial charge in [0.05, 0.1) is 0 Å². The number of carbonyl (C=O) groups excluding carboxylic acids is 1. The van der Waals surface area contributed by atoms with Crippen LogP contribution in [0.3, 0.4) is 0 Å². The Morgan fingerprint density at radius 1 is 1.00 bits per heavy atom. The normalized spacial score (nSPS) is 11.8. The molecule has 0 heterocycles. The molecular formula is C14H30N2O3. The van der Waals surface area contributed by atoms with Gasteiger partial charge in [-0.15, -0.1) is 0 Å². The fourth-order valence-electron chi connectivity index (χ4n) is 1.12. The molecule has 0 saturated heterocycles. The second kappa shape index (κ2) is 12.0. The molecule has 0 bridgehead atoms. The highest BCUT2D eigenvalue weighted by atomic mass is 16.4. The fourth-order valence-corrected chi connectivity index (χ4v) is 1.12. The van der Waals surface area contributed by atoms with Crippen molar-refractivity contribution >= 4 is 11.9 Å². The van der Waals surface area contributed by atoms with Gasteiger partial charge in [-0.25, -0.2) is 0 Å². The monoisotopic (exact) mass is 274 g/mol. The minimum Gasteiger partial charge on any atom is -0.481 e. The molecule has 19 heavy (non-hydrogen) atoms. The molecule has 0 rings (SSSR count). The van der Waals surface area contributed by atoms with E-state index in [0.717, 1.165) is 6.54 Å². The Morgan fingerprint density at radius 3 is 1.79 bits per heavy atom. The van der Waals surface area contributed by atoms with Crippen molar-refractivity contribution in [2.45, 2.75) is 53.5 Å². The Morgan fingerprint density at radius 2 is 1.53 bits per heavy atom. The Hall–Kier alpha value is -1.10. The van der Waals surface area contributed by atoms with Crippen molar-refractivity contribution in [3.05, 3.63) is 0 Å². The zero-order chi connectivity index (χ0) is 15.4. The molecule has 0 saturated carbocycles. The summed E-state index contributed by atoms with van der Waals surface area (Å²) in [6.07, 6.45) is 0.837. The summed E-state index contributed by atoms with van der Waals surface area (Å²) in [4.78, 5) is 21.0. The van der Waals surface area contributed by atoms with Crippen LogP contribution >= 0.6 is 0 Å². The van der Waals surface area contributed by atoms with Gasteiger partial charge in [-0.2, -0.15) is 0 Å². The molecule has 0 aliphatic heterocycles. The lowest BCUT2D eigenvalue weighted by atomic mass is 10.1. The third kappa shape index (κ3) is 19.4. The summed E-state index contributed by atoms with van der Waals surface area (Å²) in [6, 6.07) is 0.261. The molecule has 1 unspecified atom stereocenters. The lowest BCUT2D eigenvalue weighted by Crippen LogP contribution is -2.33. The summed E-state index contributed by atoms with van der Waals surface area (Å²) in [7, 11) is 1.86. The second-order valence-corrected chi connectivity index (χ2v) is 5.58. The average molecular weight is 274 g/mol. The van der Waals surface area contributed by atoms with Gasteiger partial charge in [0.1, 0.15) is 0 Å². The number of hydrogen-bond donors (Lipinski definition) is 3. The van der Waals surface area contributed by atoms with Gasteiger partial charge in [-0.05, 0) is 25.8 Å². The minimum atomic E-state index is -0.713. The molecule has 0 aromatic heterocycles. The third-order valence-corrected chi connectivity index (χ3v) is 2.27. The Kier molecular flexibility index (Phi) is 12.7. The Labute approximate surface area is 117 Å². The highest BCUT2D eigenvalue weighted by molar-refractivity contribution is 5.76. The first-order valence-electron chi connectivity index (χ1n) is 6.84. The second-order valence-electron chi connectivity index (χ2n) is 5.58. The summed E-state index contributed by atoms with van der Waals surface area (Å²) >= 11 is 0. The molecule has 1 atom stereocenters. The molecule has 114 valence electrons. The van der Waals surface area contributed by atoms with Gasteiger partial charge in [0.2, 0.25) is 5.91 Å². The first kappa shape index (κ1) is 20.2. The van der Waals surface area contributed by atoms with Gasteiger partial charge in [0, 0.05) is 25.4 Å². The van der Waals surface area contributed by atoms with Gasteiger partial charge < -0.3 is 15.7 Å². The molecule has 5 nitrogen and oxygen atoms in total. The van der Waals surface area contributed by atoms with E-state index in [1.807, 2.05) is 27.8 Å². The van der Waals surface area contributed by atoms with Crippen molar-refractivity contribution in [2.24, 2.45) is 11.8 Å². The maximum Gasteiger partial charge on any atom is 0.303 e. The number of hydrogen-bond acceptors (Lipinski definition) is 3. The van der Waals surface area contributed by atoms with Crippen LogP contribution in [0.1, 0.15) is 47.5 Å². The van der Waals surface area contributed by atoms with Crippen molar-refractivity contribution in [2.75, 3.05) is 13.6 Å². The van der Waals surface area contributed by atoms with Crippen LogP contribution in [0.5, 0.6) is 0 Å². The maximum atomic E-state index is 11.2. The van der Waals surface area contributed by atoms with Crippen molar-refractivity contribution < 1.29 is 14.7 Å². The Balaban J connectivity index is 0. The quantitative estimate of drug-likeness (QED) is 0.662. The summed E-state index contributed by atoms with van der Waals surface area (Å²) in [5.41, 5.74) is 0. The lowest BCUT2D eigenvalue weighted by Gasteiger charge is -2.11. The lowest BCUT2D eigenvalue weighted by molar-refractivity contribution is -0.137. The molecule has 1 amide bonds. The van der Waals surface area contributed by atoms with Crippen LogP contribution in [-0.4, -0.2) is 36.6 Å². The molecule has 0 fully saturated rings. The topological polar surface area (TPSA) is 78.4 Å². The van der Waals surface area contributed by atoms with Crippen LogP contribution in [0.25, 0.3) is 0 Å². The van der Waals surface area contributed by atoms with E-state index < -0.39 is 5.97 Å². The number of carbonyl (C=O) groups is 2. The summed E-state index contributed by atoms with van der Waals surface area (Å²) in [5.74, 6) is 0.219. The van der Waals surface area contributed by atoms with Gasteiger partial charge in [0.25, 0.3) is 0 Å². The molecule has 5 heteroatoms. The maximum absolute atomic E-state index is 11.2. The smallest absolute Gasteiger partial charge is 0.303 e. The zero-order valence-electron chi connectivity index (χ0n) is 13.1. The molecule has 0 aromatic rings. The molecule has 0 radical (unpaired) electrons. The first-order valence-corrected chi connectivity index (χ1v) is 6.84. The SMILES string of the molecule is CC(C)CC(=O)O.CNC(C)CC(=O)NCC(C)C. The van der Waals surface area contributed by atoms with Crippen molar-refractivity contribution in [1.29, 1.82) is 0 Å². The predicted molar refractivity (Wildman–Crippen MR) is 78.1 cm³/mol. The highest BCUT2D eigenvalue weighted by Gasteiger charge is 2.06. The summed E-state index contributed by atoms with van der Waals surface area (Å²) in [5, 5.41) is 14.0. The third-order valence-electron chi connectivity index (χ3n) is 2.27. The fraction of sp³-hybridized carbons (Fsp3) is 0.857. The molecule has 0 aliphatic carbocycles. The van der Waals surface area contributed by atoms with Crippen LogP contribution in [-0.2, 0) is 9.59 Å². The molecule has 0 aromatic carbocycles. The van der Waals surface area contributed by atoms with E-state index in [1.54, 1.807) is 0 Å². The predicted octanol–water partition coefficient (Wildman–Crippen LogP) is 1.87. The Bertz CT molecular complexity index is 253. The number of aliphatic carboxylic acids is 1.